The maximum Gasteiger partial charge on any atom is 0.134 e. The zero-order chi connectivity index (χ0) is 13.8. The molecule has 19 heavy (non-hydrogen) atoms. The molecule has 2 atom stereocenters. The lowest BCUT2D eigenvalue weighted by molar-refractivity contribution is 0.128. The summed E-state index contributed by atoms with van der Waals surface area (Å²) < 4.78 is 0. The number of aromatic hydroxyl groups is 1. The standard InChI is InChI=1S/C15H23ClN2O/c1-3-11(2)15(18-8-6-17-7-9-18)12-4-5-14(19)13(16)10-12/h4-5,10-11,15,17,19H,3,6-9H2,1-2H3/t11?,15-/m1/s1. The lowest BCUT2D eigenvalue weighted by Crippen LogP contribution is -2.46. The number of nitrogens with one attached hydrogen (secondary N) is 1. The van der Waals surface area contributed by atoms with Crippen molar-refractivity contribution in [2.24, 2.45) is 5.92 Å². The Kier molecular flexibility index (Phi) is 5.08. The summed E-state index contributed by atoms with van der Waals surface area (Å²) in [6, 6.07) is 6.00. The van der Waals surface area contributed by atoms with E-state index < -0.39 is 0 Å². The van der Waals surface area contributed by atoms with E-state index in [1.54, 1.807) is 6.07 Å². The number of rotatable bonds is 4. The van der Waals surface area contributed by atoms with Crippen LogP contribution in [0.3, 0.4) is 0 Å². The molecule has 1 aliphatic rings. The van der Waals surface area contributed by atoms with Crippen molar-refractivity contribution < 1.29 is 5.11 Å². The van der Waals surface area contributed by atoms with Gasteiger partial charge < -0.3 is 10.4 Å². The minimum absolute atomic E-state index is 0.161. The Labute approximate surface area is 120 Å². The molecule has 4 heteroatoms. The molecule has 1 aromatic carbocycles. The molecule has 0 aliphatic carbocycles. The highest BCUT2D eigenvalue weighted by Crippen LogP contribution is 2.34. The molecule has 0 spiro atoms. The van der Waals surface area contributed by atoms with E-state index in [9.17, 15) is 5.11 Å². The largest absolute Gasteiger partial charge is 0.506 e. The number of phenolic OH excluding ortho intramolecular Hbond substituents is 1. The van der Waals surface area contributed by atoms with Crippen molar-refractivity contribution in [1.82, 2.24) is 10.2 Å². The molecule has 0 amide bonds. The average Bonchev–Trinajstić information content (AvgIpc) is 2.44. The zero-order valence-electron chi connectivity index (χ0n) is 11.7. The first-order valence-corrected chi connectivity index (χ1v) is 7.44. The topological polar surface area (TPSA) is 35.5 Å². The first kappa shape index (κ1) is 14.6. The Morgan fingerprint density at radius 3 is 2.63 bits per heavy atom. The van der Waals surface area contributed by atoms with Crippen LogP contribution in [-0.4, -0.2) is 36.2 Å². The SMILES string of the molecule is CCC(C)[C@H](c1ccc(O)c(Cl)c1)N1CCNCC1. The van der Waals surface area contributed by atoms with Crippen LogP contribution < -0.4 is 5.32 Å². The Balaban J connectivity index is 2.27. The van der Waals surface area contributed by atoms with Crippen molar-refractivity contribution in [2.45, 2.75) is 26.3 Å². The number of phenols is 1. The second kappa shape index (κ2) is 6.60. The second-order valence-electron chi connectivity index (χ2n) is 5.33. The molecule has 1 fully saturated rings. The first-order valence-electron chi connectivity index (χ1n) is 7.06. The fourth-order valence-corrected chi connectivity index (χ4v) is 2.98. The highest BCUT2D eigenvalue weighted by molar-refractivity contribution is 6.32. The van der Waals surface area contributed by atoms with E-state index in [4.69, 9.17) is 11.6 Å². The highest BCUT2D eigenvalue weighted by Gasteiger charge is 2.26. The average molecular weight is 283 g/mol. The molecular weight excluding hydrogens is 260 g/mol. The third-order valence-electron chi connectivity index (χ3n) is 4.04. The van der Waals surface area contributed by atoms with Crippen LogP contribution in [-0.2, 0) is 0 Å². The van der Waals surface area contributed by atoms with Gasteiger partial charge in [-0.3, -0.25) is 4.90 Å². The van der Waals surface area contributed by atoms with Crippen molar-refractivity contribution in [1.29, 1.82) is 0 Å². The van der Waals surface area contributed by atoms with Crippen molar-refractivity contribution in [2.75, 3.05) is 26.2 Å². The van der Waals surface area contributed by atoms with Crippen molar-refractivity contribution in [3.63, 3.8) is 0 Å². The minimum atomic E-state index is 0.161. The van der Waals surface area contributed by atoms with Crippen LogP contribution in [0.5, 0.6) is 5.75 Å². The lowest BCUT2D eigenvalue weighted by atomic mass is 9.90. The summed E-state index contributed by atoms with van der Waals surface area (Å²) >= 11 is 6.06. The number of hydrogen-bond acceptors (Lipinski definition) is 3. The molecule has 1 saturated heterocycles. The first-order chi connectivity index (χ1) is 9.13. The van der Waals surface area contributed by atoms with Gasteiger partial charge in [0, 0.05) is 32.2 Å². The van der Waals surface area contributed by atoms with Gasteiger partial charge in [0.05, 0.1) is 5.02 Å². The van der Waals surface area contributed by atoms with Crippen molar-refractivity contribution >= 4 is 11.6 Å². The quantitative estimate of drug-likeness (QED) is 0.891. The van der Waals surface area contributed by atoms with Crippen LogP contribution in [0, 0.1) is 5.92 Å². The predicted molar refractivity (Wildman–Crippen MR) is 79.8 cm³/mol. The summed E-state index contributed by atoms with van der Waals surface area (Å²) in [5.41, 5.74) is 1.21. The predicted octanol–water partition coefficient (Wildman–Crippen LogP) is 3.04. The number of nitrogens with zero attached hydrogens (tertiary/aromatic N) is 1. The van der Waals surface area contributed by atoms with Gasteiger partial charge in [0.15, 0.2) is 0 Å². The number of benzene rings is 1. The highest BCUT2D eigenvalue weighted by atomic mass is 35.5. The van der Waals surface area contributed by atoms with Crippen LogP contribution in [0.1, 0.15) is 31.9 Å². The van der Waals surface area contributed by atoms with Gasteiger partial charge in [-0.25, -0.2) is 0 Å². The Morgan fingerprint density at radius 2 is 2.05 bits per heavy atom. The van der Waals surface area contributed by atoms with Gasteiger partial charge >= 0.3 is 0 Å². The van der Waals surface area contributed by atoms with Gasteiger partial charge in [-0.2, -0.15) is 0 Å². The molecule has 0 saturated carbocycles. The zero-order valence-corrected chi connectivity index (χ0v) is 12.5. The van der Waals surface area contributed by atoms with E-state index in [-0.39, 0.29) is 5.75 Å². The van der Waals surface area contributed by atoms with Crippen LogP contribution in [0.15, 0.2) is 18.2 Å². The molecule has 1 unspecified atom stereocenters. The summed E-state index contributed by atoms with van der Waals surface area (Å²) in [6.07, 6.45) is 1.13. The Hall–Kier alpha value is -0.770. The smallest absolute Gasteiger partial charge is 0.134 e. The number of piperazine rings is 1. The molecule has 1 aromatic rings. The van der Waals surface area contributed by atoms with Gasteiger partial charge in [0.1, 0.15) is 5.75 Å². The van der Waals surface area contributed by atoms with Crippen LogP contribution in [0.2, 0.25) is 5.02 Å². The van der Waals surface area contributed by atoms with Crippen molar-refractivity contribution in [3.8, 4) is 5.75 Å². The monoisotopic (exact) mass is 282 g/mol. The Morgan fingerprint density at radius 1 is 1.37 bits per heavy atom. The third kappa shape index (κ3) is 3.41. The molecule has 106 valence electrons. The molecule has 0 radical (unpaired) electrons. The van der Waals surface area contributed by atoms with Gasteiger partial charge in [-0.1, -0.05) is 37.9 Å². The van der Waals surface area contributed by atoms with Crippen LogP contribution in [0.4, 0.5) is 0 Å². The van der Waals surface area contributed by atoms with E-state index in [0.717, 1.165) is 32.6 Å². The van der Waals surface area contributed by atoms with E-state index in [2.05, 4.69) is 24.1 Å². The van der Waals surface area contributed by atoms with E-state index in [0.29, 0.717) is 17.0 Å². The second-order valence-corrected chi connectivity index (χ2v) is 5.73. The summed E-state index contributed by atoms with van der Waals surface area (Å²) in [5, 5.41) is 13.4. The van der Waals surface area contributed by atoms with Crippen LogP contribution in [0.25, 0.3) is 0 Å². The molecule has 2 N–H and O–H groups in total. The number of halogens is 1. The van der Waals surface area contributed by atoms with E-state index in [1.165, 1.54) is 5.56 Å². The fourth-order valence-electron chi connectivity index (χ4n) is 2.79. The molecule has 3 nitrogen and oxygen atoms in total. The van der Waals surface area contributed by atoms with Crippen LogP contribution >= 0.6 is 11.6 Å². The minimum Gasteiger partial charge on any atom is -0.506 e. The molecule has 0 aromatic heterocycles. The normalized spacial score (nSPS) is 20.2. The summed E-state index contributed by atoms with van der Waals surface area (Å²) in [4.78, 5) is 2.52. The summed E-state index contributed by atoms with van der Waals surface area (Å²) in [7, 11) is 0. The van der Waals surface area contributed by atoms with Gasteiger partial charge in [-0.05, 0) is 23.6 Å². The van der Waals surface area contributed by atoms with Gasteiger partial charge in [0.2, 0.25) is 0 Å². The lowest BCUT2D eigenvalue weighted by Gasteiger charge is -2.38. The molecule has 1 heterocycles. The van der Waals surface area contributed by atoms with E-state index >= 15 is 0 Å². The Bertz CT molecular complexity index is 419. The third-order valence-corrected chi connectivity index (χ3v) is 4.34. The van der Waals surface area contributed by atoms with E-state index in [1.807, 2.05) is 12.1 Å². The molecular formula is C15H23ClN2O. The molecule has 2 rings (SSSR count). The van der Waals surface area contributed by atoms with Gasteiger partial charge in [-0.15, -0.1) is 0 Å². The fraction of sp³-hybridized carbons (Fsp3) is 0.600. The van der Waals surface area contributed by atoms with Gasteiger partial charge in [0.25, 0.3) is 0 Å². The maximum absolute atomic E-state index is 9.58. The molecule has 0 bridgehead atoms. The summed E-state index contributed by atoms with van der Waals surface area (Å²) in [6.45, 7) is 8.72. The summed E-state index contributed by atoms with van der Waals surface area (Å²) in [5.74, 6) is 0.729. The molecule has 1 aliphatic heterocycles. The maximum atomic E-state index is 9.58. The number of hydrogen-bond donors (Lipinski definition) is 2. The van der Waals surface area contributed by atoms with Crippen molar-refractivity contribution in [3.05, 3.63) is 28.8 Å².